The number of aromatic nitrogens is 4. The second-order valence-electron chi connectivity index (χ2n) is 9.12. The SMILES string of the molecule is CN(CC1CC2(CCN(c3ncnc4sc(CC(F)(F)F)cc34)C2)C1)c1cnn(C)c1. The van der Waals surface area contributed by atoms with E-state index in [4.69, 9.17) is 0 Å². The molecule has 0 atom stereocenters. The molecule has 10 heteroatoms. The second-order valence-corrected chi connectivity index (χ2v) is 10.2. The van der Waals surface area contributed by atoms with Crippen molar-refractivity contribution >= 4 is 33.1 Å². The summed E-state index contributed by atoms with van der Waals surface area (Å²) in [6.07, 6.45) is 3.71. The number of aryl methyl sites for hydroxylation is 1. The van der Waals surface area contributed by atoms with Crippen LogP contribution >= 0.6 is 11.3 Å². The minimum Gasteiger partial charge on any atom is -0.372 e. The molecule has 2 aliphatic rings. The van der Waals surface area contributed by atoms with Gasteiger partial charge in [-0.15, -0.1) is 11.3 Å². The van der Waals surface area contributed by atoms with Gasteiger partial charge in [-0.3, -0.25) is 4.68 Å². The number of alkyl halides is 3. The maximum absolute atomic E-state index is 12.8. The van der Waals surface area contributed by atoms with Crippen LogP contribution in [0.15, 0.2) is 24.8 Å². The average Bonchev–Trinajstić information content (AvgIpc) is 3.37. The van der Waals surface area contributed by atoms with Crippen molar-refractivity contribution in [3.63, 3.8) is 0 Å². The minimum atomic E-state index is -4.21. The molecular weight excluding hydrogens is 425 g/mol. The summed E-state index contributed by atoms with van der Waals surface area (Å²) >= 11 is 1.11. The van der Waals surface area contributed by atoms with Gasteiger partial charge in [0.1, 0.15) is 17.0 Å². The van der Waals surface area contributed by atoms with E-state index in [2.05, 4.69) is 31.9 Å². The van der Waals surface area contributed by atoms with E-state index in [1.807, 2.05) is 24.1 Å². The molecule has 3 aromatic rings. The molecule has 0 aromatic carbocycles. The molecular formula is C21H25F3N6S. The highest BCUT2D eigenvalue weighted by molar-refractivity contribution is 7.18. The summed E-state index contributed by atoms with van der Waals surface area (Å²) in [5, 5.41) is 4.99. The fraction of sp³-hybridized carbons (Fsp3) is 0.571. The first-order valence-electron chi connectivity index (χ1n) is 10.4. The van der Waals surface area contributed by atoms with E-state index in [9.17, 15) is 13.2 Å². The molecule has 1 spiro atoms. The maximum Gasteiger partial charge on any atom is 0.393 e. The predicted molar refractivity (Wildman–Crippen MR) is 116 cm³/mol. The second kappa shape index (κ2) is 7.36. The van der Waals surface area contributed by atoms with Crippen LogP contribution in [0.4, 0.5) is 24.7 Å². The van der Waals surface area contributed by atoms with E-state index in [0.717, 1.165) is 54.3 Å². The number of nitrogens with zero attached hydrogens (tertiary/aromatic N) is 6. The minimum absolute atomic E-state index is 0.292. The van der Waals surface area contributed by atoms with E-state index in [-0.39, 0.29) is 0 Å². The van der Waals surface area contributed by atoms with Crippen LogP contribution in [0.2, 0.25) is 0 Å². The summed E-state index contributed by atoms with van der Waals surface area (Å²) in [4.78, 5) is 14.1. The smallest absolute Gasteiger partial charge is 0.372 e. The molecule has 2 fully saturated rings. The van der Waals surface area contributed by atoms with Crippen LogP contribution in [0, 0.1) is 11.3 Å². The van der Waals surface area contributed by atoms with E-state index in [1.54, 1.807) is 6.07 Å². The van der Waals surface area contributed by atoms with E-state index in [1.165, 1.54) is 19.2 Å². The first kappa shape index (κ1) is 20.5. The molecule has 0 bridgehead atoms. The van der Waals surface area contributed by atoms with Gasteiger partial charge in [-0.2, -0.15) is 18.3 Å². The molecule has 1 saturated heterocycles. The maximum atomic E-state index is 12.8. The number of hydrogen-bond acceptors (Lipinski definition) is 6. The van der Waals surface area contributed by atoms with Gasteiger partial charge in [0.25, 0.3) is 0 Å². The Morgan fingerprint density at radius 2 is 2.10 bits per heavy atom. The van der Waals surface area contributed by atoms with Gasteiger partial charge in [0.05, 0.1) is 23.7 Å². The zero-order valence-corrected chi connectivity index (χ0v) is 18.4. The van der Waals surface area contributed by atoms with Gasteiger partial charge in [-0.05, 0) is 36.7 Å². The first-order chi connectivity index (χ1) is 14.7. The van der Waals surface area contributed by atoms with E-state index < -0.39 is 12.6 Å². The lowest BCUT2D eigenvalue weighted by atomic mass is 9.61. The Bertz CT molecular complexity index is 1080. The molecule has 0 amide bonds. The summed E-state index contributed by atoms with van der Waals surface area (Å²) in [6.45, 7) is 2.81. The monoisotopic (exact) mass is 450 g/mol. The Hall–Kier alpha value is -2.36. The molecule has 1 aliphatic carbocycles. The number of fused-ring (bicyclic) bond motifs is 1. The largest absolute Gasteiger partial charge is 0.393 e. The van der Waals surface area contributed by atoms with Crippen molar-refractivity contribution in [3.05, 3.63) is 29.7 Å². The van der Waals surface area contributed by atoms with Gasteiger partial charge in [0, 0.05) is 44.8 Å². The third-order valence-electron chi connectivity index (χ3n) is 6.58. The summed E-state index contributed by atoms with van der Waals surface area (Å²) in [6, 6.07) is 1.63. The van der Waals surface area contributed by atoms with Crippen molar-refractivity contribution in [2.24, 2.45) is 18.4 Å². The molecule has 0 N–H and O–H groups in total. The Balaban J connectivity index is 1.24. The van der Waals surface area contributed by atoms with Gasteiger partial charge in [0.15, 0.2) is 0 Å². The normalized spacial score (nSPS) is 23.6. The highest BCUT2D eigenvalue weighted by atomic mass is 32.1. The Morgan fingerprint density at radius 3 is 2.81 bits per heavy atom. The third kappa shape index (κ3) is 4.09. The van der Waals surface area contributed by atoms with E-state index in [0.29, 0.717) is 21.0 Å². The molecule has 166 valence electrons. The molecule has 0 radical (unpaired) electrons. The number of anilines is 2. The molecule has 0 unspecified atom stereocenters. The lowest BCUT2D eigenvalue weighted by Gasteiger charge is -2.46. The van der Waals surface area contributed by atoms with Gasteiger partial charge in [0.2, 0.25) is 0 Å². The molecule has 4 heterocycles. The van der Waals surface area contributed by atoms with Gasteiger partial charge in [-0.25, -0.2) is 9.97 Å². The van der Waals surface area contributed by atoms with Crippen molar-refractivity contribution in [2.45, 2.75) is 31.9 Å². The van der Waals surface area contributed by atoms with Crippen molar-refractivity contribution in [3.8, 4) is 0 Å². The van der Waals surface area contributed by atoms with Crippen molar-refractivity contribution in [1.82, 2.24) is 19.7 Å². The van der Waals surface area contributed by atoms with Gasteiger partial charge < -0.3 is 9.80 Å². The lowest BCUT2D eigenvalue weighted by Crippen LogP contribution is -2.44. The molecule has 1 aliphatic heterocycles. The molecule has 1 saturated carbocycles. The Morgan fingerprint density at radius 1 is 1.29 bits per heavy atom. The molecule has 6 nitrogen and oxygen atoms in total. The summed E-state index contributed by atoms with van der Waals surface area (Å²) in [5.74, 6) is 1.43. The van der Waals surface area contributed by atoms with Gasteiger partial charge >= 0.3 is 6.18 Å². The lowest BCUT2D eigenvalue weighted by molar-refractivity contribution is -0.126. The molecule has 3 aromatic heterocycles. The first-order valence-corrected chi connectivity index (χ1v) is 11.3. The zero-order valence-electron chi connectivity index (χ0n) is 17.6. The fourth-order valence-corrected chi connectivity index (χ4v) is 6.29. The highest BCUT2D eigenvalue weighted by Gasteiger charge is 2.49. The van der Waals surface area contributed by atoms with Crippen LogP contribution in [0.5, 0.6) is 0 Å². The third-order valence-corrected chi connectivity index (χ3v) is 7.62. The number of thiophene rings is 1. The van der Waals surface area contributed by atoms with Crippen LogP contribution in [0.3, 0.4) is 0 Å². The number of halogens is 3. The summed E-state index contributed by atoms with van der Waals surface area (Å²) in [5.41, 5.74) is 1.43. The fourth-order valence-electron chi connectivity index (χ4n) is 5.27. The van der Waals surface area contributed by atoms with Crippen LogP contribution in [-0.4, -0.2) is 52.6 Å². The van der Waals surface area contributed by atoms with Gasteiger partial charge in [-0.1, -0.05) is 0 Å². The Labute approximate surface area is 182 Å². The Kier molecular flexibility index (Phi) is 4.87. The molecule has 5 rings (SSSR count). The molecule has 31 heavy (non-hydrogen) atoms. The van der Waals surface area contributed by atoms with Crippen molar-refractivity contribution < 1.29 is 13.2 Å². The van der Waals surface area contributed by atoms with Crippen LogP contribution in [0.25, 0.3) is 10.2 Å². The zero-order chi connectivity index (χ0) is 21.8. The van der Waals surface area contributed by atoms with Crippen LogP contribution < -0.4 is 9.80 Å². The van der Waals surface area contributed by atoms with E-state index >= 15 is 0 Å². The van der Waals surface area contributed by atoms with Crippen LogP contribution in [0.1, 0.15) is 24.1 Å². The van der Waals surface area contributed by atoms with Crippen molar-refractivity contribution in [1.29, 1.82) is 0 Å². The topological polar surface area (TPSA) is 50.1 Å². The van der Waals surface area contributed by atoms with Crippen molar-refractivity contribution in [2.75, 3.05) is 36.5 Å². The highest BCUT2D eigenvalue weighted by Crippen LogP contribution is 2.53. The number of rotatable bonds is 5. The average molecular weight is 451 g/mol. The summed E-state index contributed by atoms with van der Waals surface area (Å²) < 4.78 is 40.3. The van der Waals surface area contributed by atoms with Crippen LogP contribution in [-0.2, 0) is 13.5 Å². The predicted octanol–water partition coefficient (Wildman–Crippen LogP) is 4.27. The quantitative estimate of drug-likeness (QED) is 0.581. The standard InChI is InChI=1S/C21H25F3N6S/c1-28(15-9-27-29(2)11-15)10-14-6-20(7-14)3-4-30(12-20)18-17-5-16(8-21(22,23)24)31-19(17)26-13-25-18/h5,9,11,13-14H,3-4,6-8,10,12H2,1-2H3. The number of hydrogen-bond donors (Lipinski definition) is 0. The summed E-state index contributed by atoms with van der Waals surface area (Å²) in [7, 11) is 4.03.